The molecule has 0 unspecified atom stereocenters. The maximum Gasteiger partial charge on any atom is 0.145 e. The van der Waals surface area contributed by atoms with Gasteiger partial charge in [0.2, 0.25) is 0 Å². The molecule has 5 aromatic rings. The van der Waals surface area contributed by atoms with Gasteiger partial charge in [-0.2, -0.15) is 0 Å². The van der Waals surface area contributed by atoms with Gasteiger partial charge < -0.3 is 4.74 Å². The Labute approximate surface area is 188 Å². The highest BCUT2D eigenvalue weighted by atomic mass is 127. The van der Waals surface area contributed by atoms with Crippen LogP contribution in [0.25, 0.3) is 42.1 Å². The van der Waals surface area contributed by atoms with E-state index in [-0.39, 0.29) is 0 Å². The molecule has 0 atom stereocenters. The van der Waals surface area contributed by atoms with E-state index in [4.69, 9.17) is 4.74 Å². The third kappa shape index (κ3) is 2.84. The predicted molar refractivity (Wildman–Crippen MR) is 134 cm³/mol. The molecule has 0 fully saturated rings. The smallest absolute Gasteiger partial charge is 0.145 e. The standard InChI is InChI=1S/C23H14I2OS/c1-26-23-17(24)10-14(11-18(23)25)21-15-7-3-2-6-13(15)12-20-22(21)16-8-4-5-9-19(16)27-20/h2-12H,1H3. The normalized spacial score (nSPS) is 11.5. The number of rotatable bonds is 2. The summed E-state index contributed by atoms with van der Waals surface area (Å²) in [7, 11) is 1.74. The average Bonchev–Trinajstić information content (AvgIpc) is 3.03. The fourth-order valence-corrected chi connectivity index (χ4v) is 7.12. The summed E-state index contributed by atoms with van der Waals surface area (Å²) in [6.07, 6.45) is 0. The zero-order valence-electron chi connectivity index (χ0n) is 14.4. The summed E-state index contributed by atoms with van der Waals surface area (Å²) in [5.41, 5.74) is 2.56. The Morgan fingerprint density at radius 1 is 0.778 bits per heavy atom. The Bertz CT molecular complexity index is 1310. The lowest BCUT2D eigenvalue weighted by molar-refractivity contribution is 0.409. The van der Waals surface area contributed by atoms with Crippen LogP contribution in [0.4, 0.5) is 0 Å². The Morgan fingerprint density at radius 3 is 2.19 bits per heavy atom. The third-order valence-corrected chi connectivity index (χ3v) is 7.60. The second kappa shape index (κ2) is 6.90. The fourth-order valence-electron chi connectivity index (χ4n) is 3.75. The maximum atomic E-state index is 5.58. The second-order valence-electron chi connectivity index (χ2n) is 6.42. The Hall–Kier alpha value is -1.38. The summed E-state index contributed by atoms with van der Waals surface area (Å²) >= 11 is 6.62. The van der Waals surface area contributed by atoms with E-state index in [0.717, 1.165) is 12.9 Å². The molecule has 0 radical (unpaired) electrons. The first-order valence-corrected chi connectivity index (χ1v) is 11.5. The minimum absolute atomic E-state index is 0.951. The number of hydrogen-bond acceptors (Lipinski definition) is 2. The molecule has 0 saturated carbocycles. The molecule has 1 heterocycles. The van der Waals surface area contributed by atoms with Crippen LogP contribution in [0.1, 0.15) is 0 Å². The third-order valence-electron chi connectivity index (χ3n) is 4.88. The molecular formula is C23H14I2OS. The molecule has 0 N–H and O–H groups in total. The molecule has 4 aromatic carbocycles. The Balaban J connectivity index is 2.00. The summed E-state index contributed by atoms with van der Waals surface area (Å²) in [4.78, 5) is 0. The van der Waals surface area contributed by atoms with Crippen LogP contribution in [0, 0.1) is 7.14 Å². The van der Waals surface area contributed by atoms with Gasteiger partial charge in [-0.05, 0) is 91.3 Å². The number of benzene rings is 4. The summed E-state index contributed by atoms with van der Waals surface area (Å²) in [5, 5.41) is 5.27. The van der Waals surface area contributed by atoms with Crippen molar-refractivity contribution in [3.8, 4) is 16.9 Å². The van der Waals surface area contributed by atoms with E-state index in [9.17, 15) is 0 Å². The van der Waals surface area contributed by atoms with Crippen molar-refractivity contribution in [3.05, 3.63) is 73.9 Å². The van der Waals surface area contributed by atoms with Crippen molar-refractivity contribution in [2.75, 3.05) is 7.11 Å². The molecule has 0 spiro atoms. The molecule has 0 amide bonds. The van der Waals surface area contributed by atoms with Gasteiger partial charge >= 0.3 is 0 Å². The molecule has 27 heavy (non-hydrogen) atoms. The number of hydrogen-bond donors (Lipinski definition) is 0. The first-order chi connectivity index (χ1) is 13.2. The van der Waals surface area contributed by atoms with Crippen LogP contribution < -0.4 is 4.74 Å². The number of thiophene rings is 1. The largest absolute Gasteiger partial charge is 0.495 e. The Morgan fingerprint density at radius 2 is 1.44 bits per heavy atom. The zero-order valence-corrected chi connectivity index (χ0v) is 19.6. The van der Waals surface area contributed by atoms with E-state index in [0.29, 0.717) is 0 Å². The first kappa shape index (κ1) is 17.7. The molecule has 5 rings (SSSR count). The van der Waals surface area contributed by atoms with Crippen LogP contribution in [0.15, 0.2) is 66.7 Å². The van der Waals surface area contributed by atoms with Crippen molar-refractivity contribution >= 4 is 87.5 Å². The van der Waals surface area contributed by atoms with Gasteiger partial charge in [0.15, 0.2) is 0 Å². The van der Waals surface area contributed by atoms with Gasteiger partial charge in [-0.1, -0.05) is 42.5 Å². The van der Waals surface area contributed by atoms with Crippen LogP contribution >= 0.6 is 56.5 Å². The minimum atomic E-state index is 0.951. The van der Waals surface area contributed by atoms with E-state index < -0.39 is 0 Å². The number of halogens is 2. The molecule has 0 aliphatic rings. The van der Waals surface area contributed by atoms with Crippen LogP contribution in [0.2, 0.25) is 0 Å². The summed E-state index contributed by atoms with van der Waals surface area (Å²) in [5.74, 6) is 0.951. The number of methoxy groups -OCH3 is 1. The molecule has 1 aromatic heterocycles. The first-order valence-electron chi connectivity index (χ1n) is 8.54. The van der Waals surface area contributed by atoms with Gasteiger partial charge in [0, 0.05) is 20.2 Å². The molecule has 0 saturated heterocycles. The van der Waals surface area contributed by atoms with Crippen molar-refractivity contribution in [2.24, 2.45) is 0 Å². The summed E-state index contributed by atoms with van der Waals surface area (Å²) in [6, 6.07) is 24.2. The summed E-state index contributed by atoms with van der Waals surface area (Å²) in [6.45, 7) is 0. The van der Waals surface area contributed by atoms with Crippen LogP contribution in [-0.2, 0) is 0 Å². The second-order valence-corrected chi connectivity index (χ2v) is 9.83. The molecule has 1 nitrogen and oxygen atoms in total. The molecule has 0 aliphatic heterocycles. The highest BCUT2D eigenvalue weighted by Gasteiger charge is 2.17. The van der Waals surface area contributed by atoms with Crippen molar-refractivity contribution in [3.63, 3.8) is 0 Å². The lowest BCUT2D eigenvalue weighted by Gasteiger charge is -2.13. The van der Waals surface area contributed by atoms with Gasteiger partial charge in [-0.15, -0.1) is 11.3 Å². The van der Waals surface area contributed by atoms with Crippen molar-refractivity contribution in [1.29, 1.82) is 0 Å². The minimum Gasteiger partial charge on any atom is -0.495 e. The SMILES string of the molecule is COc1c(I)cc(-c2c3ccccc3cc3sc4ccccc4c23)cc1I. The van der Waals surface area contributed by atoms with E-state index in [2.05, 4.69) is 112 Å². The van der Waals surface area contributed by atoms with E-state index >= 15 is 0 Å². The monoisotopic (exact) mass is 592 g/mol. The van der Waals surface area contributed by atoms with Crippen molar-refractivity contribution in [2.45, 2.75) is 0 Å². The van der Waals surface area contributed by atoms with Gasteiger partial charge in [-0.25, -0.2) is 0 Å². The van der Waals surface area contributed by atoms with Crippen LogP contribution in [-0.4, -0.2) is 7.11 Å². The van der Waals surface area contributed by atoms with Gasteiger partial charge in [0.1, 0.15) is 5.75 Å². The highest BCUT2D eigenvalue weighted by Crippen LogP contribution is 2.45. The maximum absolute atomic E-state index is 5.58. The molecule has 132 valence electrons. The molecule has 0 aliphatic carbocycles. The number of fused-ring (bicyclic) bond motifs is 4. The number of ether oxygens (including phenoxy) is 1. The Kier molecular flexibility index (Phi) is 4.52. The van der Waals surface area contributed by atoms with Crippen molar-refractivity contribution < 1.29 is 4.74 Å². The van der Waals surface area contributed by atoms with E-state index in [1.54, 1.807) is 7.11 Å². The molecule has 0 bridgehead atoms. The predicted octanol–water partition coefficient (Wildman–Crippen LogP) is 8.09. The van der Waals surface area contributed by atoms with Gasteiger partial charge in [-0.3, -0.25) is 0 Å². The average molecular weight is 592 g/mol. The quantitative estimate of drug-likeness (QED) is 0.189. The lowest BCUT2D eigenvalue weighted by Crippen LogP contribution is -1.93. The molecular weight excluding hydrogens is 578 g/mol. The molecule has 4 heteroatoms. The highest BCUT2D eigenvalue weighted by molar-refractivity contribution is 14.1. The van der Waals surface area contributed by atoms with E-state index in [1.165, 1.54) is 42.1 Å². The topological polar surface area (TPSA) is 9.23 Å². The van der Waals surface area contributed by atoms with Crippen molar-refractivity contribution in [1.82, 2.24) is 0 Å². The fraction of sp³-hybridized carbons (Fsp3) is 0.0435. The zero-order chi connectivity index (χ0) is 18.5. The van der Waals surface area contributed by atoms with Gasteiger partial charge in [0.05, 0.1) is 14.3 Å². The van der Waals surface area contributed by atoms with Crippen LogP contribution in [0.3, 0.4) is 0 Å². The van der Waals surface area contributed by atoms with Crippen LogP contribution in [0.5, 0.6) is 5.75 Å². The van der Waals surface area contributed by atoms with Gasteiger partial charge in [0.25, 0.3) is 0 Å². The van der Waals surface area contributed by atoms with E-state index in [1.807, 2.05) is 11.3 Å². The lowest BCUT2D eigenvalue weighted by atomic mass is 9.93. The summed E-state index contributed by atoms with van der Waals surface area (Å²) < 4.78 is 10.5.